The molecule has 0 heterocycles. The average molecular weight is 304 g/mol. The number of aryl methyl sites for hydroxylation is 1. The molecule has 21 heavy (non-hydrogen) atoms. The molecule has 112 valence electrons. The molecule has 2 rings (SSSR count). The van der Waals surface area contributed by atoms with Crippen molar-refractivity contribution >= 4 is 11.6 Å². The fourth-order valence-corrected chi connectivity index (χ4v) is 2.52. The van der Waals surface area contributed by atoms with Crippen molar-refractivity contribution in [2.45, 2.75) is 32.2 Å². The molecule has 0 aliphatic carbocycles. The van der Waals surface area contributed by atoms with Crippen molar-refractivity contribution in [1.82, 2.24) is 5.32 Å². The van der Waals surface area contributed by atoms with Crippen molar-refractivity contribution < 1.29 is 5.11 Å². The van der Waals surface area contributed by atoms with Gasteiger partial charge in [0.15, 0.2) is 0 Å². The lowest BCUT2D eigenvalue weighted by atomic mass is 10.1. The Morgan fingerprint density at radius 2 is 1.81 bits per heavy atom. The van der Waals surface area contributed by atoms with Crippen LogP contribution in [0.25, 0.3) is 0 Å². The minimum atomic E-state index is 0.325. The van der Waals surface area contributed by atoms with E-state index in [4.69, 9.17) is 11.6 Å². The van der Waals surface area contributed by atoms with Crippen molar-refractivity contribution in [2.75, 3.05) is 6.54 Å². The zero-order chi connectivity index (χ0) is 15.1. The lowest BCUT2D eigenvalue weighted by Gasteiger charge is -2.14. The van der Waals surface area contributed by atoms with E-state index in [2.05, 4.69) is 18.3 Å². The second-order valence-corrected chi connectivity index (χ2v) is 5.88. The smallest absolute Gasteiger partial charge is 0.115 e. The third kappa shape index (κ3) is 5.78. The molecular formula is C18H22ClNO. The summed E-state index contributed by atoms with van der Waals surface area (Å²) in [6.45, 7) is 3.16. The largest absolute Gasteiger partial charge is 0.508 e. The molecule has 1 unspecified atom stereocenters. The maximum absolute atomic E-state index is 9.26. The summed E-state index contributed by atoms with van der Waals surface area (Å²) in [6.07, 6.45) is 3.09. The fourth-order valence-electron chi connectivity index (χ4n) is 2.30. The van der Waals surface area contributed by atoms with Crippen molar-refractivity contribution in [2.24, 2.45) is 0 Å². The number of rotatable bonds is 7. The first-order valence-corrected chi connectivity index (χ1v) is 7.77. The summed E-state index contributed by atoms with van der Waals surface area (Å²) in [4.78, 5) is 0. The van der Waals surface area contributed by atoms with E-state index in [1.165, 1.54) is 11.1 Å². The molecule has 0 saturated carbocycles. The quantitative estimate of drug-likeness (QED) is 0.803. The van der Waals surface area contributed by atoms with Gasteiger partial charge in [0.2, 0.25) is 0 Å². The SMILES string of the molecule is CC(CCc1ccc(O)cc1)NCCc1cccc(Cl)c1. The summed E-state index contributed by atoms with van der Waals surface area (Å²) >= 11 is 5.98. The van der Waals surface area contributed by atoms with E-state index in [9.17, 15) is 5.11 Å². The van der Waals surface area contributed by atoms with Gasteiger partial charge in [0, 0.05) is 11.1 Å². The van der Waals surface area contributed by atoms with Crippen LogP contribution < -0.4 is 5.32 Å². The molecule has 2 aromatic rings. The molecule has 0 saturated heterocycles. The lowest BCUT2D eigenvalue weighted by molar-refractivity contribution is 0.474. The van der Waals surface area contributed by atoms with Gasteiger partial charge in [0.25, 0.3) is 0 Å². The summed E-state index contributed by atoms with van der Waals surface area (Å²) in [6, 6.07) is 15.9. The Hall–Kier alpha value is -1.51. The van der Waals surface area contributed by atoms with Crippen LogP contribution in [0.5, 0.6) is 5.75 Å². The third-order valence-corrected chi connectivity index (χ3v) is 3.83. The molecule has 2 nitrogen and oxygen atoms in total. The molecule has 0 aliphatic rings. The molecule has 2 aromatic carbocycles. The molecule has 0 aliphatic heterocycles. The van der Waals surface area contributed by atoms with Crippen LogP contribution in [0.4, 0.5) is 0 Å². The Morgan fingerprint density at radius 1 is 1.05 bits per heavy atom. The second-order valence-electron chi connectivity index (χ2n) is 5.44. The highest BCUT2D eigenvalue weighted by atomic mass is 35.5. The van der Waals surface area contributed by atoms with Crippen LogP contribution >= 0.6 is 11.6 Å². The van der Waals surface area contributed by atoms with Crippen LogP contribution in [0.2, 0.25) is 5.02 Å². The van der Waals surface area contributed by atoms with Gasteiger partial charge in [-0.1, -0.05) is 35.9 Å². The van der Waals surface area contributed by atoms with E-state index in [1.807, 2.05) is 30.3 Å². The summed E-state index contributed by atoms with van der Waals surface area (Å²) in [5.74, 6) is 0.325. The maximum Gasteiger partial charge on any atom is 0.115 e. The zero-order valence-electron chi connectivity index (χ0n) is 12.3. The molecule has 0 fully saturated rings. The van der Waals surface area contributed by atoms with E-state index in [-0.39, 0.29) is 0 Å². The van der Waals surface area contributed by atoms with Crippen LogP contribution in [-0.2, 0) is 12.8 Å². The van der Waals surface area contributed by atoms with Gasteiger partial charge in [-0.15, -0.1) is 0 Å². The molecule has 0 amide bonds. The summed E-state index contributed by atoms with van der Waals surface area (Å²) < 4.78 is 0. The first kappa shape index (κ1) is 15.9. The molecule has 0 radical (unpaired) electrons. The monoisotopic (exact) mass is 303 g/mol. The van der Waals surface area contributed by atoms with E-state index in [0.717, 1.165) is 30.8 Å². The van der Waals surface area contributed by atoms with Gasteiger partial charge in [-0.3, -0.25) is 0 Å². The van der Waals surface area contributed by atoms with Crippen molar-refractivity contribution in [3.63, 3.8) is 0 Å². The number of phenols is 1. The first-order valence-electron chi connectivity index (χ1n) is 7.39. The highest BCUT2D eigenvalue weighted by molar-refractivity contribution is 6.30. The molecule has 0 aromatic heterocycles. The Balaban J connectivity index is 1.67. The van der Waals surface area contributed by atoms with Crippen LogP contribution in [0.15, 0.2) is 48.5 Å². The standard InChI is InChI=1S/C18H22ClNO/c1-14(5-6-15-7-9-18(21)10-8-15)20-12-11-16-3-2-4-17(19)13-16/h2-4,7-10,13-14,20-21H,5-6,11-12H2,1H3. The van der Waals surface area contributed by atoms with E-state index >= 15 is 0 Å². The lowest BCUT2D eigenvalue weighted by Crippen LogP contribution is -2.28. The Labute approximate surface area is 131 Å². The van der Waals surface area contributed by atoms with Gasteiger partial charge in [-0.05, 0) is 68.1 Å². The average Bonchev–Trinajstić information content (AvgIpc) is 2.47. The normalized spacial score (nSPS) is 12.3. The number of halogens is 1. The van der Waals surface area contributed by atoms with Gasteiger partial charge in [0.05, 0.1) is 0 Å². The first-order chi connectivity index (χ1) is 10.1. The Morgan fingerprint density at radius 3 is 2.52 bits per heavy atom. The number of benzene rings is 2. The van der Waals surface area contributed by atoms with E-state index < -0.39 is 0 Å². The van der Waals surface area contributed by atoms with Gasteiger partial charge in [0.1, 0.15) is 5.75 Å². The van der Waals surface area contributed by atoms with E-state index in [1.54, 1.807) is 12.1 Å². The fraction of sp³-hybridized carbons (Fsp3) is 0.333. The number of hydrogen-bond acceptors (Lipinski definition) is 2. The maximum atomic E-state index is 9.26. The van der Waals surface area contributed by atoms with Crippen LogP contribution in [0, 0.1) is 0 Å². The molecule has 0 bridgehead atoms. The highest BCUT2D eigenvalue weighted by Gasteiger charge is 2.03. The number of aromatic hydroxyl groups is 1. The summed E-state index contributed by atoms with van der Waals surface area (Å²) in [7, 11) is 0. The molecule has 0 spiro atoms. The van der Waals surface area contributed by atoms with Crippen LogP contribution in [0.3, 0.4) is 0 Å². The summed E-state index contributed by atoms with van der Waals surface area (Å²) in [5.41, 5.74) is 2.53. The topological polar surface area (TPSA) is 32.3 Å². The Bertz CT molecular complexity index is 553. The van der Waals surface area contributed by atoms with Crippen molar-refractivity contribution in [3.8, 4) is 5.75 Å². The van der Waals surface area contributed by atoms with Gasteiger partial charge < -0.3 is 10.4 Å². The molecule has 1 atom stereocenters. The third-order valence-electron chi connectivity index (χ3n) is 3.60. The number of hydrogen-bond donors (Lipinski definition) is 2. The minimum Gasteiger partial charge on any atom is -0.508 e. The zero-order valence-corrected chi connectivity index (χ0v) is 13.1. The number of nitrogens with one attached hydrogen (secondary N) is 1. The molecule has 2 N–H and O–H groups in total. The van der Waals surface area contributed by atoms with E-state index in [0.29, 0.717) is 11.8 Å². The molecule has 3 heteroatoms. The number of phenolic OH excluding ortho intramolecular Hbond substituents is 1. The van der Waals surface area contributed by atoms with Crippen molar-refractivity contribution in [1.29, 1.82) is 0 Å². The van der Waals surface area contributed by atoms with Gasteiger partial charge >= 0.3 is 0 Å². The predicted octanol–water partition coefficient (Wildman–Crippen LogP) is 4.20. The van der Waals surface area contributed by atoms with Gasteiger partial charge in [-0.25, -0.2) is 0 Å². The predicted molar refractivity (Wildman–Crippen MR) is 89.0 cm³/mol. The minimum absolute atomic E-state index is 0.325. The van der Waals surface area contributed by atoms with Gasteiger partial charge in [-0.2, -0.15) is 0 Å². The van der Waals surface area contributed by atoms with Crippen LogP contribution in [0.1, 0.15) is 24.5 Å². The molecular weight excluding hydrogens is 282 g/mol. The van der Waals surface area contributed by atoms with Crippen LogP contribution in [-0.4, -0.2) is 17.7 Å². The Kier molecular flexibility index (Phi) is 6.09. The summed E-state index contributed by atoms with van der Waals surface area (Å²) in [5, 5.41) is 13.6. The highest BCUT2D eigenvalue weighted by Crippen LogP contribution is 2.12. The second kappa shape index (κ2) is 8.06. The van der Waals surface area contributed by atoms with Crippen molar-refractivity contribution in [3.05, 3.63) is 64.7 Å².